The number of benzene rings is 2. The van der Waals surface area contributed by atoms with Crippen molar-refractivity contribution in [2.75, 3.05) is 39.5 Å². The molecule has 0 saturated carbocycles. The van der Waals surface area contributed by atoms with Crippen molar-refractivity contribution in [3.05, 3.63) is 58.6 Å². The van der Waals surface area contributed by atoms with Gasteiger partial charge in [0.2, 0.25) is 0 Å². The maximum atomic E-state index is 13.5. The van der Waals surface area contributed by atoms with Gasteiger partial charge in [-0.3, -0.25) is 9.69 Å². The summed E-state index contributed by atoms with van der Waals surface area (Å²) in [6.07, 6.45) is -0.466. The number of ether oxygens (including phenoxy) is 3. The molecule has 2 aromatic rings. The highest BCUT2D eigenvalue weighted by molar-refractivity contribution is 6.30. The predicted octanol–water partition coefficient (Wildman–Crippen LogP) is 4.00. The first kappa shape index (κ1) is 22.9. The summed E-state index contributed by atoms with van der Waals surface area (Å²) in [7, 11) is 0. The van der Waals surface area contributed by atoms with Gasteiger partial charge in [-0.25, -0.2) is 0 Å². The van der Waals surface area contributed by atoms with E-state index in [-0.39, 0.29) is 5.91 Å². The van der Waals surface area contributed by atoms with Crippen molar-refractivity contribution < 1.29 is 19.0 Å². The van der Waals surface area contributed by atoms with Gasteiger partial charge >= 0.3 is 0 Å². The van der Waals surface area contributed by atoms with Gasteiger partial charge in [-0.05, 0) is 41.3 Å². The normalized spacial score (nSPS) is 18.6. The van der Waals surface area contributed by atoms with Gasteiger partial charge in [-0.2, -0.15) is 0 Å². The summed E-state index contributed by atoms with van der Waals surface area (Å²) in [5.74, 6) is 1.89. The fourth-order valence-corrected chi connectivity index (χ4v) is 4.25. The number of amides is 1. The minimum atomic E-state index is -0.466. The molecule has 2 aliphatic heterocycles. The second kappa shape index (κ2) is 10.6. The molecule has 0 aromatic heterocycles. The summed E-state index contributed by atoms with van der Waals surface area (Å²) in [6.45, 7) is 9.25. The lowest BCUT2D eigenvalue weighted by Crippen LogP contribution is -2.51. The molecule has 7 heteroatoms. The Morgan fingerprint density at radius 1 is 1.06 bits per heavy atom. The molecule has 0 aliphatic carbocycles. The van der Waals surface area contributed by atoms with Crippen LogP contribution in [-0.2, 0) is 22.6 Å². The zero-order valence-electron chi connectivity index (χ0n) is 18.8. The van der Waals surface area contributed by atoms with Crippen LogP contribution < -0.4 is 9.47 Å². The fraction of sp³-hybridized carbons (Fsp3) is 0.480. The lowest BCUT2D eigenvalue weighted by atomic mass is 10.1. The zero-order chi connectivity index (χ0) is 22.5. The van der Waals surface area contributed by atoms with Crippen LogP contribution in [0, 0.1) is 5.92 Å². The lowest BCUT2D eigenvalue weighted by Gasteiger charge is -2.35. The van der Waals surface area contributed by atoms with Gasteiger partial charge in [0.05, 0.1) is 6.61 Å². The van der Waals surface area contributed by atoms with Crippen molar-refractivity contribution in [3.8, 4) is 11.5 Å². The standard InChI is InChI=1S/C25H31ClN2O4/c1-18(2)14-28(16-20-5-8-22-23(13-20)32-12-11-31-22)25(29)24-17-27(9-10-30-24)15-19-3-6-21(26)7-4-19/h3-8,13,18,24H,9-12,14-17H2,1-2H3. The first-order valence-electron chi connectivity index (χ1n) is 11.2. The molecule has 0 bridgehead atoms. The monoisotopic (exact) mass is 458 g/mol. The number of rotatable bonds is 7. The quantitative estimate of drug-likeness (QED) is 0.627. The number of fused-ring (bicyclic) bond motifs is 1. The Kier molecular flexibility index (Phi) is 7.55. The van der Waals surface area contributed by atoms with E-state index in [0.29, 0.717) is 45.4 Å². The minimum absolute atomic E-state index is 0.0365. The van der Waals surface area contributed by atoms with Crippen molar-refractivity contribution in [1.29, 1.82) is 0 Å². The highest BCUT2D eigenvalue weighted by Crippen LogP contribution is 2.31. The summed E-state index contributed by atoms with van der Waals surface area (Å²) in [4.78, 5) is 17.7. The number of halogens is 1. The van der Waals surface area contributed by atoms with Gasteiger partial charge in [-0.1, -0.05) is 43.6 Å². The zero-order valence-corrected chi connectivity index (χ0v) is 19.5. The van der Waals surface area contributed by atoms with E-state index in [9.17, 15) is 4.79 Å². The van der Waals surface area contributed by atoms with Crippen molar-refractivity contribution in [2.24, 2.45) is 5.92 Å². The molecule has 2 aliphatic rings. The molecule has 1 atom stereocenters. The van der Waals surface area contributed by atoms with Crippen LogP contribution in [0.25, 0.3) is 0 Å². The molecule has 172 valence electrons. The molecule has 1 amide bonds. The number of hydrogen-bond donors (Lipinski definition) is 0. The van der Waals surface area contributed by atoms with Gasteiger partial charge in [0.25, 0.3) is 5.91 Å². The summed E-state index contributed by atoms with van der Waals surface area (Å²) < 4.78 is 17.3. The average molecular weight is 459 g/mol. The second-order valence-electron chi connectivity index (χ2n) is 8.81. The van der Waals surface area contributed by atoms with Gasteiger partial charge in [0.1, 0.15) is 19.3 Å². The van der Waals surface area contributed by atoms with E-state index in [4.69, 9.17) is 25.8 Å². The highest BCUT2D eigenvalue weighted by Gasteiger charge is 2.31. The van der Waals surface area contributed by atoms with E-state index in [1.807, 2.05) is 47.4 Å². The molecule has 6 nitrogen and oxygen atoms in total. The maximum Gasteiger partial charge on any atom is 0.253 e. The second-order valence-corrected chi connectivity index (χ2v) is 9.25. The van der Waals surface area contributed by atoms with Crippen LogP contribution >= 0.6 is 11.6 Å². The van der Waals surface area contributed by atoms with Crippen molar-refractivity contribution >= 4 is 17.5 Å². The maximum absolute atomic E-state index is 13.5. The number of morpholine rings is 1. The van der Waals surface area contributed by atoms with Gasteiger partial charge in [-0.15, -0.1) is 0 Å². The Hall–Kier alpha value is -2.28. The molecule has 1 saturated heterocycles. The fourth-order valence-electron chi connectivity index (χ4n) is 4.13. The first-order valence-corrected chi connectivity index (χ1v) is 11.6. The Morgan fingerprint density at radius 2 is 1.78 bits per heavy atom. The van der Waals surface area contributed by atoms with Gasteiger partial charge in [0.15, 0.2) is 11.5 Å². The number of nitrogens with zero attached hydrogens (tertiary/aromatic N) is 2. The number of carbonyl (C=O) groups excluding carboxylic acids is 1. The molecule has 0 radical (unpaired) electrons. The summed E-state index contributed by atoms with van der Waals surface area (Å²) in [5.41, 5.74) is 2.20. The van der Waals surface area contributed by atoms with E-state index in [0.717, 1.165) is 35.2 Å². The predicted molar refractivity (Wildman–Crippen MR) is 124 cm³/mol. The van der Waals surface area contributed by atoms with Crippen LogP contribution in [0.1, 0.15) is 25.0 Å². The Bertz CT molecular complexity index is 919. The number of hydrogen-bond acceptors (Lipinski definition) is 5. The van der Waals surface area contributed by atoms with Crippen LogP contribution in [0.5, 0.6) is 11.5 Å². The van der Waals surface area contributed by atoms with Gasteiger partial charge in [0, 0.05) is 37.7 Å². The molecule has 2 aromatic carbocycles. The Morgan fingerprint density at radius 3 is 2.53 bits per heavy atom. The minimum Gasteiger partial charge on any atom is -0.486 e. The van der Waals surface area contributed by atoms with Crippen molar-refractivity contribution in [3.63, 3.8) is 0 Å². The summed E-state index contributed by atoms with van der Waals surface area (Å²) >= 11 is 6.00. The Balaban J connectivity index is 1.43. The molecule has 0 spiro atoms. The molecule has 4 rings (SSSR count). The summed E-state index contributed by atoms with van der Waals surface area (Å²) in [5, 5.41) is 0.729. The lowest BCUT2D eigenvalue weighted by molar-refractivity contribution is -0.151. The van der Waals surface area contributed by atoms with Crippen LogP contribution in [0.4, 0.5) is 0 Å². The SMILES string of the molecule is CC(C)CN(Cc1ccc2c(c1)OCCO2)C(=O)C1CN(Cc2ccc(Cl)cc2)CCO1. The van der Waals surface area contributed by atoms with Crippen LogP contribution in [0.2, 0.25) is 5.02 Å². The molecule has 1 unspecified atom stereocenters. The molecular weight excluding hydrogens is 428 g/mol. The van der Waals surface area contributed by atoms with Crippen LogP contribution in [0.15, 0.2) is 42.5 Å². The van der Waals surface area contributed by atoms with E-state index in [1.165, 1.54) is 5.56 Å². The van der Waals surface area contributed by atoms with E-state index >= 15 is 0 Å². The van der Waals surface area contributed by atoms with E-state index in [2.05, 4.69) is 18.7 Å². The molecule has 0 N–H and O–H groups in total. The number of carbonyl (C=O) groups is 1. The molecular formula is C25H31ClN2O4. The third-order valence-corrected chi connectivity index (χ3v) is 5.87. The third kappa shape index (κ3) is 5.94. The molecule has 1 fully saturated rings. The largest absolute Gasteiger partial charge is 0.486 e. The third-order valence-electron chi connectivity index (χ3n) is 5.62. The highest BCUT2D eigenvalue weighted by atomic mass is 35.5. The van der Waals surface area contributed by atoms with E-state index < -0.39 is 6.10 Å². The average Bonchev–Trinajstić information content (AvgIpc) is 2.79. The van der Waals surface area contributed by atoms with E-state index in [1.54, 1.807) is 0 Å². The Labute approximate surface area is 195 Å². The summed E-state index contributed by atoms with van der Waals surface area (Å²) in [6, 6.07) is 13.8. The molecule has 32 heavy (non-hydrogen) atoms. The topological polar surface area (TPSA) is 51.2 Å². The first-order chi connectivity index (χ1) is 15.5. The smallest absolute Gasteiger partial charge is 0.253 e. The van der Waals surface area contributed by atoms with Crippen LogP contribution in [0.3, 0.4) is 0 Å². The van der Waals surface area contributed by atoms with Crippen molar-refractivity contribution in [2.45, 2.75) is 33.0 Å². The molecule has 2 heterocycles. The van der Waals surface area contributed by atoms with Crippen molar-refractivity contribution in [1.82, 2.24) is 9.80 Å². The van der Waals surface area contributed by atoms with Crippen LogP contribution in [-0.4, -0.2) is 61.3 Å². The van der Waals surface area contributed by atoms with Gasteiger partial charge < -0.3 is 19.1 Å².